The van der Waals surface area contributed by atoms with Crippen molar-refractivity contribution < 1.29 is 14.8 Å². The third kappa shape index (κ3) is 4.33. The Morgan fingerprint density at radius 2 is 2.00 bits per heavy atom. The molecular weight excluding hydrogens is 248 g/mol. The molecule has 0 spiro atoms. The van der Waals surface area contributed by atoms with Gasteiger partial charge in [0.1, 0.15) is 5.69 Å². The Kier molecular flexibility index (Phi) is 5.00. The fraction of sp³-hybridized carbons (Fsp3) is 0.462. The van der Waals surface area contributed by atoms with Crippen LogP contribution in [0.15, 0.2) is 12.1 Å². The normalized spacial score (nSPS) is 12.0. The molecule has 2 N–H and O–H groups in total. The summed E-state index contributed by atoms with van der Waals surface area (Å²) in [6.07, 6.45) is -0.118. The topological polar surface area (TPSA) is 92.5 Å². The molecule has 0 aliphatic rings. The van der Waals surface area contributed by atoms with Crippen molar-refractivity contribution in [3.8, 4) is 0 Å². The number of rotatable bonds is 5. The van der Waals surface area contributed by atoms with E-state index in [0.29, 0.717) is 6.42 Å². The molecule has 0 bridgehead atoms. The van der Waals surface area contributed by atoms with Crippen molar-refractivity contribution in [1.29, 1.82) is 0 Å². The van der Waals surface area contributed by atoms with Crippen LogP contribution in [0, 0.1) is 24.0 Å². The van der Waals surface area contributed by atoms with Crippen LogP contribution < -0.4 is 5.32 Å². The summed E-state index contributed by atoms with van der Waals surface area (Å²) >= 11 is 0. The van der Waals surface area contributed by atoms with Gasteiger partial charge in [0.05, 0.1) is 11.0 Å². The minimum absolute atomic E-state index is 0.117. The van der Waals surface area contributed by atoms with E-state index < -0.39 is 11.0 Å². The molecule has 1 aromatic rings. The van der Waals surface area contributed by atoms with E-state index in [0.717, 1.165) is 11.1 Å². The van der Waals surface area contributed by atoms with Crippen LogP contribution in [0.4, 0.5) is 11.4 Å². The smallest absolute Gasteiger partial charge is 0.293 e. The van der Waals surface area contributed by atoms with Gasteiger partial charge >= 0.3 is 0 Å². The van der Waals surface area contributed by atoms with Gasteiger partial charge < -0.3 is 10.4 Å². The first-order valence-electron chi connectivity index (χ1n) is 6.04. The molecule has 1 unspecified atom stereocenters. The van der Waals surface area contributed by atoms with Crippen molar-refractivity contribution in [1.82, 2.24) is 0 Å². The van der Waals surface area contributed by atoms with Gasteiger partial charge in [0.25, 0.3) is 5.69 Å². The largest absolute Gasteiger partial charge is 0.393 e. The van der Waals surface area contributed by atoms with Gasteiger partial charge in [-0.3, -0.25) is 14.9 Å². The highest BCUT2D eigenvalue weighted by atomic mass is 16.6. The van der Waals surface area contributed by atoms with Crippen LogP contribution in [0.5, 0.6) is 0 Å². The molecule has 1 rings (SSSR count). The van der Waals surface area contributed by atoms with Gasteiger partial charge in [0.2, 0.25) is 5.91 Å². The minimum atomic E-state index is -0.569. The Bertz CT molecular complexity index is 498. The number of nitro groups is 1. The second kappa shape index (κ2) is 6.29. The number of anilines is 1. The SMILES string of the molecule is Cc1cc(NC(=O)CCC(C)O)c([N+](=O)[O-])cc1C. The van der Waals surface area contributed by atoms with Gasteiger partial charge in [-0.1, -0.05) is 0 Å². The van der Waals surface area contributed by atoms with Crippen LogP contribution in [0.3, 0.4) is 0 Å². The second-order valence-electron chi connectivity index (χ2n) is 4.65. The van der Waals surface area contributed by atoms with E-state index in [1.165, 1.54) is 6.07 Å². The Morgan fingerprint density at radius 1 is 1.42 bits per heavy atom. The number of nitrogens with one attached hydrogen (secondary N) is 1. The number of nitrogens with zero attached hydrogens (tertiary/aromatic N) is 1. The zero-order valence-corrected chi connectivity index (χ0v) is 11.3. The van der Waals surface area contributed by atoms with E-state index in [2.05, 4.69) is 5.32 Å². The highest BCUT2D eigenvalue weighted by Crippen LogP contribution is 2.28. The van der Waals surface area contributed by atoms with Gasteiger partial charge in [-0.15, -0.1) is 0 Å². The van der Waals surface area contributed by atoms with Crippen molar-refractivity contribution in [3.63, 3.8) is 0 Å². The van der Waals surface area contributed by atoms with E-state index in [1.807, 2.05) is 6.92 Å². The van der Waals surface area contributed by atoms with E-state index >= 15 is 0 Å². The molecule has 1 aromatic carbocycles. The molecule has 0 aromatic heterocycles. The fourth-order valence-corrected chi connectivity index (χ4v) is 1.60. The number of carbonyl (C=O) groups is 1. The van der Waals surface area contributed by atoms with E-state index in [1.54, 1.807) is 19.9 Å². The third-order valence-electron chi connectivity index (χ3n) is 2.87. The van der Waals surface area contributed by atoms with Crippen LogP contribution in [0.25, 0.3) is 0 Å². The summed E-state index contributed by atoms with van der Waals surface area (Å²) in [5.74, 6) is -0.341. The molecule has 0 saturated heterocycles. The fourth-order valence-electron chi connectivity index (χ4n) is 1.60. The molecule has 0 fully saturated rings. The highest BCUT2D eigenvalue weighted by molar-refractivity contribution is 5.93. The van der Waals surface area contributed by atoms with Crippen molar-refractivity contribution in [2.24, 2.45) is 0 Å². The molecule has 6 heteroatoms. The summed E-state index contributed by atoms with van der Waals surface area (Å²) in [5, 5.41) is 22.6. The number of amides is 1. The Morgan fingerprint density at radius 3 is 2.53 bits per heavy atom. The first-order chi connectivity index (χ1) is 8.81. The summed E-state index contributed by atoms with van der Waals surface area (Å²) in [6.45, 7) is 5.19. The van der Waals surface area contributed by atoms with Gasteiger partial charge in [0.15, 0.2) is 0 Å². The predicted molar refractivity (Wildman–Crippen MR) is 72.1 cm³/mol. The first-order valence-corrected chi connectivity index (χ1v) is 6.04. The molecule has 0 heterocycles. The Hall–Kier alpha value is -1.95. The molecular formula is C13H18N2O4. The lowest BCUT2D eigenvalue weighted by Gasteiger charge is -2.09. The van der Waals surface area contributed by atoms with Gasteiger partial charge in [0, 0.05) is 12.5 Å². The van der Waals surface area contributed by atoms with Crippen LogP contribution in [0.2, 0.25) is 0 Å². The number of benzene rings is 1. The molecule has 0 radical (unpaired) electrons. The number of hydrogen-bond acceptors (Lipinski definition) is 4. The summed E-state index contributed by atoms with van der Waals surface area (Å²) in [6, 6.07) is 3.04. The zero-order valence-electron chi connectivity index (χ0n) is 11.3. The number of nitro benzene ring substituents is 1. The van der Waals surface area contributed by atoms with Crippen molar-refractivity contribution in [2.45, 2.75) is 39.7 Å². The summed E-state index contributed by atoms with van der Waals surface area (Å²) in [4.78, 5) is 22.1. The summed E-state index contributed by atoms with van der Waals surface area (Å²) in [5.41, 5.74) is 1.75. The molecule has 6 nitrogen and oxygen atoms in total. The average Bonchev–Trinajstić information content (AvgIpc) is 2.30. The molecule has 1 atom stereocenters. The van der Waals surface area contributed by atoms with Gasteiger partial charge in [-0.05, 0) is 44.4 Å². The van der Waals surface area contributed by atoms with Gasteiger partial charge in [-0.25, -0.2) is 0 Å². The first kappa shape index (κ1) is 15.1. The predicted octanol–water partition coefficient (Wildman–Crippen LogP) is 2.31. The van der Waals surface area contributed by atoms with Gasteiger partial charge in [-0.2, -0.15) is 0 Å². The lowest BCUT2D eigenvalue weighted by molar-refractivity contribution is -0.384. The van der Waals surface area contributed by atoms with E-state index in [4.69, 9.17) is 5.11 Å². The number of hydrogen-bond donors (Lipinski definition) is 2. The number of aliphatic hydroxyl groups excluding tert-OH is 1. The number of carbonyl (C=O) groups excluding carboxylic acids is 1. The standard InChI is InChI=1S/C13H18N2O4/c1-8-6-11(12(15(18)19)7-9(8)2)14-13(17)5-4-10(3)16/h6-7,10,16H,4-5H2,1-3H3,(H,14,17). The van der Waals surface area contributed by atoms with Crippen molar-refractivity contribution >= 4 is 17.3 Å². The maximum absolute atomic E-state index is 11.6. The maximum Gasteiger partial charge on any atom is 0.293 e. The lowest BCUT2D eigenvalue weighted by Crippen LogP contribution is -2.15. The lowest BCUT2D eigenvalue weighted by atomic mass is 10.1. The maximum atomic E-state index is 11.6. The second-order valence-corrected chi connectivity index (χ2v) is 4.65. The summed E-state index contributed by atoms with van der Waals surface area (Å²) < 4.78 is 0. The third-order valence-corrected chi connectivity index (χ3v) is 2.87. The Labute approximate surface area is 111 Å². The summed E-state index contributed by atoms with van der Waals surface area (Å²) in [7, 11) is 0. The zero-order chi connectivity index (χ0) is 14.6. The number of aryl methyl sites for hydroxylation is 2. The molecule has 0 saturated carbocycles. The quantitative estimate of drug-likeness (QED) is 0.631. The van der Waals surface area contributed by atoms with E-state index in [-0.39, 0.29) is 23.7 Å². The molecule has 0 aliphatic heterocycles. The van der Waals surface area contributed by atoms with Crippen LogP contribution >= 0.6 is 0 Å². The van der Waals surface area contributed by atoms with Crippen molar-refractivity contribution in [2.75, 3.05) is 5.32 Å². The highest BCUT2D eigenvalue weighted by Gasteiger charge is 2.17. The van der Waals surface area contributed by atoms with Crippen molar-refractivity contribution in [3.05, 3.63) is 33.4 Å². The van der Waals surface area contributed by atoms with Crippen LogP contribution in [-0.4, -0.2) is 22.0 Å². The monoisotopic (exact) mass is 266 g/mol. The van der Waals surface area contributed by atoms with E-state index in [9.17, 15) is 14.9 Å². The molecule has 104 valence electrons. The minimum Gasteiger partial charge on any atom is -0.393 e. The molecule has 0 aliphatic carbocycles. The average molecular weight is 266 g/mol. The van der Waals surface area contributed by atoms with Crippen LogP contribution in [0.1, 0.15) is 30.9 Å². The number of aliphatic hydroxyl groups is 1. The molecule has 19 heavy (non-hydrogen) atoms. The van der Waals surface area contributed by atoms with Crippen LogP contribution in [-0.2, 0) is 4.79 Å². The Balaban J connectivity index is 2.90. The molecule has 1 amide bonds.